The molecule has 4 heteroatoms. The van der Waals surface area contributed by atoms with Crippen LogP contribution in [-0.4, -0.2) is 19.2 Å². The van der Waals surface area contributed by atoms with Crippen LogP contribution in [0.5, 0.6) is 5.75 Å². The largest absolute Gasteiger partial charge is 0.492 e. The van der Waals surface area contributed by atoms with Gasteiger partial charge >= 0.3 is 0 Å². The third kappa shape index (κ3) is 4.39. The molecular weight excluding hydrogens is 224 g/mol. The Balaban J connectivity index is 2.52. The van der Waals surface area contributed by atoms with Crippen molar-refractivity contribution in [2.45, 2.75) is 26.4 Å². The molecule has 1 unspecified atom stereocenters. The van der Waals surface area contributed by atoms with Gasteiger partial charge in [-0.05, 0) is 31.5 Å². The van der Waals surface area contributed by atoms with Crippen LogP contribution in [0.4, 0.5) is 0 Å². The van der Waals surface area contributed by atoms with Crippen LogP contribution in [-0.2, 0) is 6.54 Å². The molecule has 0 heterocycles. The molecule has 0 aliphatic carbocycles. The van der Waals surface area contributed by atoms with Gasteiger partial charge in [0.25, 0.3) is 0 Å². The molecule has 0 aromatic heterocycles. The van der Waals surface area contributed by atoms with Crippen molar-refractivity contribution in [2.24, 2.45) is 5.73 Å². The number of ether oxygens (including phenoxy) is 1. The molecule has 0 aliphatic heterocycles. The maximum Gasteiger partial charge on any atom is 0.137 e. The van der Waals surface area contributed by atoms with Crippen molar-refractivity contribution in [1.82, 2.24) is 5.32 Å². The normalized spacial score (nSPS) is 12.5. The minimum atomic E-state index is 0.165. The summed E-state index contributed by atoms with van der Waals surface area (Å²) < 4.78 is 5.36. The molecule has 0 spiro atoms. The van der Waals surface area contributed by atoms with E-state index in [1.54, 1.807) is 0 Å². The van der Waals surface area contributed by atoms with Gasteiger partial charge in [-0.1, -0.05) is 17.7 Å². The Kier molecular flexibility index (Phi) is 5.60. The van der Waals surface area contributed by atoms with Gasteiger partial charge in [0, 0.05) is 19.1 Å². The third-order valence-electron chi connectivity index (χ3n) is 2.09. The second kappa shape index (κ2) is 6.74. The highest BCUT2D eigenvalue weighted by Gasteiger charge is 2.02. The lowest BCUT2D eigenvalue weighted by molar-refractivity contribution is 0.340. The average Bonchev–Trinajstić information content (AvgIpc) is 2.21. The molecule has 3 nitrogen and oxygen atoms in total. The van der Waals surface area contributed by atoms with Gasteiger partial charge in [0.15, 0.2) is 0 Å². The standard InChI is InChI=1S/C12H19ClN2O/c1-3-16-12-5-4-10(6-11(12)13)8-15-7-9(2)14/h4-6,9,15H,3,7-8,14H2,1-2H3. The van der Waals surface area contributed by atoms with Crippen molar-refractivity contribution in [3.8, 4) is 5.75 Å². The maximum atomic E-state index is 6.07. The smallest absolute Gasteiger partial charge is 0.137 e. The van der Waals surface area contributed by atoms with Gasteiger partial charge in [-0.3, -0.25) is 0 Å². The van der Waals surface area contributed by atoms with Crippen molar-refractivity contribution < 1.29 is 4.74 Å². The zero-order valence-electron chi connectivity index (χ0n) is 9.79. The summed E-state index contributed by atoms with van der Waals surface area (Å²) >= 11 is 6.07. The quantitative estimate of drug-likeness (QED) is 0.804. The van der Waals surface area contributed by atoms with Crippen LogP contribution in [0.2, 0.25) is 5.02 Å². The van der Waals surface area contributed by atoms with E-state index in [4.69, 9.17) is 22.1 Å². The molecule has 0 radical (unpaired) electrons. The lowest BCUT2D eigenvalue weighted by Crippen LogP contribution is -2.30. The van der Waals surface area contributed by atoms with Crippen molar-refractivity contribution in [1.29, 1.82) is 0 Å². The summed E-state index contributed by atoms with van der Waals surface area (Å²) in [6.07, 6.45) is 0. The van der Waals surface area contributed by atoms with Crippen LogP contribution in [0.15, 0.2) is 18.2 Å². The first kappa shape index (κ1) is 13.3. The number of nitrogens with two attached hydrogens (primary N) is 1. The molecule has 1 aromatic rings. The van der Waals surface area contributed by atoms with E-state index in [-0.39, 0.29) is 6.04 Å². The highest BCUT2D eigenvalue weighted by molar-refractivity contribution is 6.32. The van der Waals surface area contributed by atoms with E-state index in [2.05, 4.69) is 5.32 Å². The molecule has 1 rings (SSSR count). The molecule has 1 atom stereocenters. The third-order valence-corrected chi connectivity index (χ3v) is 2.39. The number of hydrogen-bond acceptors (Lipinski definition) is 3. The molecule has 90 valence electrons. The molecule has 1 aromatic carbocycles. The van der Waals surface area contributed by atoms with Gasteiger partial charge in [0.05, 0.1) is 11.6 Å². The lowest BCUT2D eigenvalue weighted by atomic mass is 10.2. The number of rotatable bonds is 6. The zero-order chi connectivity index (χ0) is 12.0. The summed E-state index contributed by atoms with van der Waals surface area (Å²) in [7, 11) is 0. The Morgan fingerprint density at radius 3 is 2.81 bits per heavy atom. The fourth-order valence-corrected chi connectivity index (χ4v) is 1.63. The maximum absolute atomic E-state index is 6.07. The van der Waals surface area contributed by atoms with E-state index in [1.165, 1.54) is 0 Å². The van der Waals surface area contributed by atoms with E-state index >= 15 is 0 Å². The molecule has 0 bridgehead atoms. The second-order valence-electron chi connectivity index (χ2n) is 3.81. The van der Waals surface area contributed by atoms with Crippen LogP contribution in [0, 0.1) is 0 Å². The number of benzene rings is 1. The van der Waals surface area contributed by atoms with Crippen LogP contribution >= 0.6 is 11.6 Å². The van der Waals surface area contributed by atoms with Crippen LogP contribution < -0.4 is 15.8 Å². The summed E-state index contributed by atoms with van der Waals surface area (Å²) in [6.45, 7) is 6.10. The highest BCUT2D eigenvalue weighted by Crippen LogP contribution is 2.25. The molecule has 0 fully saturated rings. The molecule has 0 saturated heterocycles. The summed E-state index contributed by atoms with van der Waals surface area (Å²) in [5.74, 6) is 0.736. The minimum Gasteiger partial charge on any atom is -0.492 e. The SMILES string of the molecule is CCOc1ccc(CNCC(C)N)cc1Cl. The zero-order valence-corrected chi connectivity index (χ0v) is 10.6. The van der Waals surface area contributed by atoms with E-state index in [9.17, 15) is 0 Å². The Labute approximate surface area is 102 Å². The molecular formula is C12H19ClN2O. The number of hydrogen-bond donors (Lipinski definition) is 2. The van der Waals surface area contributed by atoms with Crippen molar-refractivity contribution in [3.63, 3.8) is 0 Å². The Bertz CT molecular complexity index is 329. The van der Waals surface area contributed by atoms with E-state index in [1.807, 2.05) is 32.0 Å². The monoisotopic (exact) mass is 242 g/mol. The summed E-state index contributed by atoms with van der Waals surface area (Å²) in [4.78, 5) is 0. The predicted octanol–water partition coefficient (Wildman–Crippen LogP) is 2.18. The van der Waals surface area contributed by atoms with Gasteiger partial charge in [0.1, 0.15) is 5.75 Å². The Morgan fingerprint density at radius 1 is 1.50 bits per heavy atom. The summed E-state index contributed by atoms with van der Waals surface area (Å²) in [6, 6.07) is 5.98. The minimum absolute atomic E-state index is 0.165. The van der Waals surface area contributed by atoms with Gasteiger partial charge in [-0.15, -0.1) is 0 Å². The summed E-state index contributed by atoms with van der Waals surface area (Å²) in [5.41, 5.74) is 6.77. The summed E-state index contributed by atoms with van der Waals surface area (Å²) in [5, 5.41) is 3.91. The van der Waals surface area contributed by atoms with Crippen molar-refractivity contribution in [2.75, 3.05) is 13.2 Å². The first-order valence-corrected chi connectivity index (χ1v) is 5.88. The van der Waals surface area contributed by atoms with Gasteiger partial charge in [0.2, 0.25) is 0 Å². The molecule has 0 saturated carbocycles. The van der Waals surface area contributed by atoms with Gasteiger partial charge in [-0.2, -0.15) is 0 Å². The van der Waals surface area contributed by atoms with Gasteiger partial charge in [-0.25, -0.2) is 0 Å². The predicted molar refractivity (Wildman–Crippen MR) is 68.0 cm³/mol. The van der Waals surface area contributed by atoms with Crippen molar-refractivity contribution >= 4 is 11.6 Å². The molecule has 0 aliphatic rings. The van der Waals surface area contributed by atoms with Gasteiger partial charge < -0.3 is 15.8 Å². The van der Waals surface area contributed by atoms with E-state index in [0.717, 1.165) is 24.4 Å². The molecule has 16 heavy (non-hydrogen) atoms. The highest BCUT2D eigenvalue weighted by atomic mass is 35.5. The molecule has 3 N–H and O–H groups in total. The van der Waals surface area contributed by atoms with Crippen LogP contribution in [0.1, 0.15) is 19.4 Å². The molecule has 0 amide bonds. The Morgan fingerprint density at radius 2 is 2.25 bits per heavy atom. The Hall–Kier alpha value is -0.770. The van der Waals surface area contributed by atoms with Crippen molar-refractivity contribution in [3.05, 3.63) is 28.8 Å². The average molecular weight is 243 g/mol. The fraction of sp³-hybridized carbons (Fsp3) is 0.500. The van der Waals surface area contributed by atoms with E-state index < -0.39 is 0 Å². The topological polar surface area (TPSA) is 47.3 Å². The van der Waals surface area contributed by atoms with Crippen LogP contribution in [0.3, 0.4) is 0 Å². The number of halogens is 1. The number of nitrogens with one attached hydrogen (secondary N) is 1. The second-order valence-corrected chi connectivity index (χ2v) is 4.21. The fourth-order valence-electron chi connectivity index (χ4n) is 1.37. The first-order chi connectivity index (χ1) is 7.63. The van der Waals surface area contributed by atoms with Crippen LogP contribution in [0.25, 0.3) is 0 Å². The lowest BCUT2D eigenvalue weighted by Gasteiger charge is -2.10. The van der Waals surface area contributed by atoms with E-state index in [0.29, 0.717) is 11.6 Å². The first-order valence-electron chi connectivity index (χ1n) is 5.51.